The number of hydrogen-bond donors (Lipinski definition) is 1. The Hall–Kier alpha value is -1.66. The van der Waals surface area contributed by atoms with Crippen LogP contribution in [0.5, 0.6) is 5.88 Å². The van der Waals surface area contributed by atoms with E-state index in [1.807, 2.05) is 24.7 Å². The van der Waals surface area contributed by atoms with E-state index >= 15 is 0 Å². The molecule has 2 heterocycles. The van der Waals surface area contributed by atoms with E-state index in [-0.39, 0.29) is 6.04 Å². The molecule has 0 aliphatic heterocycles. The molecule has 0 aliphatic carbocycles. The van der Waals surface area contributed by atoms with Crippen molar-refractivity contribution in [2.75, 3.05) is 14.2 Å². The van der Waals surface area contributed by atoms with E-state index < -0.39 is 0 Å². The number of aromatic nitrogens is 4. The minimum Gasteiger partial charge on any atom is -0.480 e. The van der Waals surface area contributed by atoms with E-state index in [4.69, 9.17) is 16.3 Å². The first-order valence-electron chi connectivity index (χ1n) is 5.97. The number of rotatable bonds is 5. The molecule has 0 spiro atoms. The van der Waals surface area contributed by atoms with E-state index in [0.29, 0.717) is 10.9 Å². The van der Waals surface area contributed by atoms with Crippen molar-refractivity contribution in [2.45, 2.75) is 19.5 Å². The smallest absolute Gasteiger partial charge is 0.233 e. The molecule has 2 aromatic heterocycles. The first kappa shape index (κ1) is 13.8. The van der Waals surface area contributed by atoms with Crippen LogP contribution in [0.1, 0.15) is 24.4 Å². The predicted octanol–water partition coefficient (Wildman–Crippen LogP) is 1.66. The quantitative estimate of drug-likeness (QED) is 0.903. The summed E-state index contributed by atoms with van der Waals surface area (Å²) >= 11 is 6.21. The molecule has 6 nitrogen and oxygen atoms in total. The second-order valence-corrected chi connectivity index (χ2v) is 4.32. The summed E-state index contributed by atoms with van der Waals surface area (Å²) in [5.41, 5.74) is 1.64. The molecular weight excluding hydrogens is 266 g/mol. The summed E-state index contributed by atoms with van der Waals surface area (Å²) in [5.74, 6) is 0.480. The molecule has 19 heavy (non-hydrogen) atoms. The Labute approximate surface area is 116 Å². The van der Waals surface area contributed by atoms with Crippen LogP contribution >= 0.6 is 11.6 Å². The number of nitrogens with one attached hydrogen (secondary N) is 1. The standard InChI is InChI=1S/C12H16ClN5O/c1-4-18-12(8(13)7-15-18)11(14-2)9-5-6-10(19-3)17-16-9/h5-7,11,14H,4H2,1-3H3. The lowest BCUT2D eigenvalue weighted by molar-refractivity contribution is 0.390. The van der Waals surface area contributed by atoms with Crippen molar-refractivity contribution in [1.29, 1.82) is 0 Å². The minimum absolute atomic E-state index is 0.159. The highest BCUT2D eigenvalue weighted by atomic mass is 35.5. The van der Waals surface area contributed by atoms with Crippen LogP contribution in [-0.4, -0.2) is 34.1 Å². The largest absolute Gasteiger partial charge is 0.480 e. The van der Waals surface area contributed by atoms with Crippen molar-refractivity contribution < 1.29 is 4.74 Å². The topological polar surface area (TPSA) is 64.9 Å². The first-order chi connectivity index (χ1) is 9.21. The lowest BCUT2D eigenvalue weighted by atomic mass is 10.1. The number of nitrogens with zero attached hydrogens (tertiary/aromatic N) is 4. The Kier molecular flexibility index (Phi) is 4.34. The van der Waals surface area contributed by atoms with E-state index in [0.717, 1.165) is 17.9 Å². The Morgan fingerprint density at radius 2 is 2.21 bits per heavy atom. The van der Waals surface area contributed by atoms with Crippen LogP contribution in [0, 0.1) is 0 Å². The third-order valence-corrected chi connectivity index (χ3v) is 3.15. The van der Waals surface area contributed by atoms with Gasteiger partial charge < -0.3 is 10.1 Å². The Bertz CT molecular complexity index is 540. The molecule has 0 radical (unpaired) electrons. The van der Waals surface area contributed by atoms with Crippen molar-refractivity contribution in [3.8, 4) is 5.88 Å². The van der Waals surface area contributed by atoms with E-state index in [1.165, 1.54) is 0 Å². The molecule has 0 saturated heterocycles. The van der Waals surface area contributed by atoms with Crippen molar-refractivity contribution >= 4 is 11.6 Å². The molecule has 0 bridgehead atoms. The van der Waals surface area contributed by atoms with Crippen molar-refractivity contribution in [3.63, 3.8) is 0 Å². The van der Waals surface area contributed by atoms with Crippen LogP contribution in [0.25, 0.3) is 0 Å². The summed E-state index contributed by atoms with van der Waals surface area (Å²) in [6.45, 7) is 2.75. The molecule has 7 heteroatoms. The lowest BCUT2D eigenvalue weighted by Crippen LogP contribution is -2.23. The number of methoxy groups -OCH3 is 1. The van der Waals surface area contributed by atoms with E-state index in [9.17, 15) is 0 Å². The molecular formula is C12H16ClN5O. The van der Waals surface area contributed by atoms with Gasteiger partial charge in [-0.1, -0.05) is 11.6 Å². The van der Waals surface area contributed by atoms with Crippen LogP contribution < -0.4 is 10.1 Å². The van der Waals surface area contributed by atoms with Gasteiger partial charge in [-0.05, 0) is 20.0 Å². The zero-order valence-electron chi connectivity index (χ0n) is 11.1. The number of halogens is 1. The summed E-state index contributed by atoms with van der Waals surface area (Å²) in [7, 11) is 3.40. The van der Waals surface area contributed by atoms with E-state index in [1.54, 1.807) is 19.4 Å². The van der Waals surface area contributed by atoms with Crippen LogP contribution in [0.15, 0.2) is 18.3 Å². The molecule has 0 amide bonds. The van der Waals surface area contributed by atoms with Gasteiger partial charge in [0.25, 0.3) is 0 Å². The highest BCUT2D eigenvalue weighted by molar-refractivity contribution is 6.31. The van der Waals surface area contributed by atoms with Crippen LogP contribution in [-0.2, 0) is 6.54 Å². The normalized spacial score (nSPS) is 12.4. The molecule has 1 unspecified atom stereocenters. The maximum absolute atomic E-state index is 6.21. The average Bonchev–Trinajstić information content (AvgIpc) is 2.82. The molecule has 1 N–H and O–H groups in total. The van der Waals surface area contributed by atoms with Crippen LogP contribution in [0.3, 0.4) is 0 Å². The van der Waals surface area contributed by atoms with Crippen LogP contribution in [0.4, 0.5) is 0 Å². The number of aryl methyl sites for hydroxylation is 1. The summed E-state index contributed by atoms with van der Waals surface area (Å²) in [5, 5.41) is 16.2. The molecule has 0 fully saturated rings. The number of hydrogen-bond acceptors (Lipinski definition) is 5. The van der Waals surface area contributed by atoms with Crippen LogP contribution in [0.2, 0.25) is 5.02 Å². The highest BCUT2D eigenvalue weighted by Gasteiger charge is 2.21. The third kappa shape index (κ3) is 2.69. The summed E-state index contributed by atoms with van der Waals surface area (Å²) < 4.78 is 6.85. The fraction of sp³-hybridized carbons (Fsp3) is 0.417. The van der Waals surface area contributed by atoms with Gasteiger partial charge in [-0.2, -0.15) is 5.10 Å². The summed E-state index contributed by atoms with van der Waals surface area (Å²) in [4.78, 5) is 0. The minimum atomic E-state index is -0.159. The molecule has 1 atom stereocenters. The predicted molar refractivity (Wildman–Crippen MR) is 72.4 cm³/mol. The highest BCUT2D eigenvalue weighted by Crippen LogP contribution is 2.27. The zero-order valence-corrected chi connectivity index (χ0v) is 11.8. The molecule has 0 aliphatic rings. The summed E-state index contributed by atoms with van der Waals surface area (Å²) in [6, 6.07) is 3.47. The zero-order chi connectivity index (χ0) is 13.8. The van der Waals surface area contributed by atoms with Gasteiger partial charge in [0, 0.05) is 12.6 Å². The van der Waals surface area contributed by atoms with Gasteiger partial charge in [-0.3, -0.25) is 4.68 Å². The number of ether oxygens (including phenoxy) is 1. The Morgan fingerprint density at radius 1 is 1.42 bits per heavy atom. The fourth-order valence-corrected chi connectivity index (χ4v) is 2.18. The van der Waals surface area contributed by atoms with Crippen molar-refractivity contribution in [3.05, 3.63) is 34.7 Å². The van der Waals surface area contributed by atoms with Gasteiger partial charge in [-0.15, -0.1) is 10.2 Å². The van der Waals surface area contributed by atoms with Gasteiger partial charge in [0.1, 0.15) is 0 Å². The molecule has 0 saturated carbocycles. The third-order valence-electron chi connectivity index (χ3n) is 2.86. The monoisotopic (exact) mass is 281 g/mol. The molecule has 2 aromatic rings. The molecule has 2 rings (SSSR count). The summed E-state index contributed by atoms with van der Waals surface area (Å²) in [6.07, 6.45) is 1.64. The fourth-order valence-electron chi connectivity index (χ4n) is 1.93. The Morgan fingerprint density at radius 3 is 2.74 bits per heavy atom. The second-order valence-electron chi connectivity index (χ2n) is 3.92. The van der Waals surface area contributed by atoms with Gasteiger partial charge in [0.15, 0.2) is 0 Å². The second kappa shape index (κ2) is 5.99. The van der Waals surface area contributed by atoms with Gasteiger partial charge in [-0.25, -0.2) is 0 Å². The molecule has 0 aromatic carbocycles. The Balaban J connectivity index is 2.40. The first-order valence-corrected chi connectivity index (χ1v) is 6.35. The molecule has 102 valence electrons. The van der Waals surface area contributed by atoms with Crippen molar-refractivity contribution in [1.82, 2.24) is 25.3 Å². The SMILES string of the molecule is CCn1ncc(Cl)c1C(NC)c1ccc(OC)nn1. The maximum Gasteiger partial charge on any atom is 0.233 e. The van der Waals surface area contributed by atoms with Gasteiger partial charge in [0.2, 0.25) is 5.88 Å². The maximum atomic E-state index is 6.21. The van der Waals surface area contributed by atoms with E-state index in [2.05, 4.69) is 20.6 Å². The lowest BCUT2D eigenvalue weighted by Gasteiger charge is -2.17. The van der Waals surface area contributed by atoms with Crippen molar-refractivity contribution in [2.24, 2.45) is 0 Å². The van der Waals surface area contributed by atoms with Gasteiger partial charge >= 0.3 is 0 Å². The average molecular weight is 282 g/mol. The van der Waals surface area contributed by atoms with Gasteiger partial charge in [0.05, 0.1) is 35.8 Å².